The predicted octanol–water partition coefficient (Wildman–Crippen LogP) is 2.35. The molecule has 0 saturated carbocycles. The molecule has 1 aliphatic heterocycles. The van der Waals surface area contributed by atoms with Crippen LogP contribution in [0.5, 0.6) is 0 Å². The predicted molar refractivity (Wildman–Crippen MR) is 100 cm³/mol. The van der Waals surface area contributed by atoms with Gasteiger partial charge in [0, 0.05) is 37.2 Å². The lowest BCUT2D eigenvalue weighted by atomic mass is 10.1. The fourth-order valence-corrected chi connectivity index (χ4v) is 3.33. The highest BCUT2D eigenvalue weighted by molar-refractivity contribution is 5.47. The Kier molecular flexibility index (Phi) is 6.57. The van der Waals surface area contributed by atoms with Gasteiger partial charge in [-0.2, -0.15) is 0 Å². The lowest BCUT2D eigenvalue weighted by molar-refractivity contribution is 0.128. The molecular formula is C19H29N5O2. The van der Waals surface area contributed by atoms with E-state index >= 15 is 0 Å². The molecule has 0 fully saturated rings. The van der Waals surface area contributed by atoms with Gasteiger partial charge in [-0.15, -0.1) is 0 Å². The molecule has 3 heterocycles. The van der Waals surface area contributed by atoms with E-state index in [-0.39, 0.29) is 0 Å². The topological polar surface area (TPSA) is 85.1 Å². The molecule has 7 heteroatoms. The van der Waals surface area contributed by atoms with Crippen molar-refractivity contribution in [3.63, 3.8) is 0 Å². The minimum atomic E-state index is 0.463. The van der Waals surface area contributed by atoms with Crippen molar-refractivity contribution in [2.75, 3.05) is 31.6 Å². The second-order valence-corrected chi connectivity index (χ2v) is 6.63. The maximum atomic E-state index is 5.51. The molecule has 0 aromatic carbocycles. The van der Waals surface area contributed by atoms with Crippen LogP contribution in [-0.2, 0) is 30.6 Å². The van der Waals surface area contributed by atoms with E-state index < -0.39 is 0 Å². The van der Waals surface area contributed by atoms with Crippen molar-refractivity contribution in [3.8, 4) is 0 Å². The highest BCUT2D eigenvalue weighted by Crippen LogP contribution is 2.21. The highest BCUT2D eigenvalue weighted by atomic mass is 16.5. The van der Waals surface area contributed by atoms with E-state index in [2.05, 4.69) is 15.8 Å². The summed E-state index contributed by atoms with van der Waals surface area (Å²) in [6.07, 6.45) is 3.84. The van der Waals surface area contributed by atoms with Crippen molar-refractivity contribution < 1.29 is 9.26 Å². The zero-order chi connectivity index (χ0) is 18.4. The SMILES string of the molecule is CCOCc1nc2c(c(NCCCc3c(C)noc3C)n1)CCNCC2. The molecule has 26 heavy (non-hydrogen) atoms. The number of rotatable bonds is 8. The minimum absolute atomic E-state index is 0.463. The molecule has 2 aromatic heterocycles. The van der Waals surface area contributed by atoms with Gasteiger partial charge in [0.15, 0.2) is 5.82 Å². The minimum Gasteiger partial charge on any atom is -0.374 e. The number of aromatic nitrogens is 3. The fourth-order valence-electron chi connectivity index (χ4n) is 3.33. The lowest BCUT2D eigenvalue weighted by Crippen LogP contribution is -2.16. The molecule has 0 radical (unpaired) electrons. The molecule has 1 aliphatic rings. The second kappa shape index (κ2) is 9.09. The monoisotopic (exact) mass is 359 g/mol. The number of hydrogen-bond acceptors (Lipinski definition) is 7. The summed E-state index contributed by atoms with van der Waals surface area (Å²) >= 11 is 0. The van der Waals surface area contributed by atoms with Gasteiger partial charge in [-0.1, -0.05) is 5.16 Å². The molecule has 0 aliphatic carbocycles. The zero-order valence-corrected chi connectivity index (χ0v) is 16.0. The molecule has 2 aromatic rings. The third-order valence-electron chi connectivity index (χ3n) is 4.74. The molecule has 7 nitrogen and oxygen atoms in total. The number of nitrogens with zero attached hydrogens (tertiary/aromatic N) is 3. The smallest absolute Gasteiger partial charge is 0.156 e. The molecular weight excluding hydrogens is 330 g/mol. The molecule has 0 bridgehead atoms. The Morgan fingerprint density at radius 3 is 2.81 bits per heavy atom. The van der Waals surface area contributed by atoms with Crippen LogP contribution in [0.1, 0.15) is 47.4 Å². The largest absolute Gasteiger partial charge is 0.374 e. The first-order valence-corrected chi connectivity index (χ1v) is 9.51. The third kappa shape index (κ3) is 4.59. The number of hydrogen-bond donors (Lipinski definition) is 2. The van der Waals surface area contributed by atoms with Crippen LogP contribution in [0.25, 0.3) is 0 Å². The standard InChI is InChI=1S/C19H29N5O2/c1-4-25-12-18-22-17-8-11-20-10-7-16(17)19(23-18)21-9-5-6-15-13(2)24-26-14(15)3/h20H,4-12H2,1-3H3,(H,21,22,23). The maximum absolute atomic E-state index is 5.51. The number of ether oxygens (including phenoxy) is 1. The Hall–Kier alpha value is -1.99. The summed E-state index contributed by atoms with van der Waals surface area (Å²) in [6.45, 7) is 9.87. The van der Waals surface area contributed by atoms with Gasteiger partial charge >= 0.3 is 0 Å². The highest BCUT2D eigenvalue weighted by Gasteiger charge is 2.16. The molecule has 0 unspecified atom stereocenters. The first kappa shape index (κ1) is 18.8. The quantitative estimate of drug-likeness (QED) is 0.700. The summed E-state index contributed by atoms with van der Waals surface area (Å²) in [6, 6.07) is 0. The van der Waals surface area contributed by atoms with E-state index in [9.17, 15) is 0 Å². The first-order valence-electron chi connectivity index (χ1n) is 9.51. The summed E-state index contributed by atoms with van der Waals surface area (Å²) < 4.78 is 10.8. The molecule has 0 spiro atoms. The van der Waals surface area contributed by atoms with Crippen molar-refractivity contribution in [2.24, 2.45) is 0 Å². The van der Waals surface area contributed by atoms with Crippen LogP contribution in [0.2, 0.25) is 0 Å². The second-order valence-electron chi connectivity index (χ2n) is 6.63. The van der Waals surface area contributed by atoms with E-state index in [1.165, 1.54) is 11.1 Å². The molecule has 142 valence electrons. The van der Waals surface area contributed by atoms with Crippen LogP contribution in [0, 0.1) is 13.8 Å². The van der Waals surface area contributed by atoms with Crippen LogP contribution in [-0.4, -0.2) is 41.4 Å². The summed E-state index contributed by atoms with van der Waals surface area (Å²) in [7, 11) is 0. The Bertz CT molecular complexity index is 709. The van der Waals surface area contributed by atoms with Crippen LogP contribution in [0.15, 0.2) is 4.52 Å². The molecule has 0 amide bonds. The zero-order valence-electron chi connectivity index (χ0n) is 16.0. The van der Waals surface area contributed by atoms with Gasteiger partial charge in [0.25, 0.3) is 0 Å². The van der Waals surface area contributed by atoms with Crippen molar-refractivity contribution in [1.82, 2.24) is 20.4 Å². The van der Waals surface area contributed by atoms with Gasteiger partial charge < -0.3 is 19.9 Å². The summed E-state index contributed by atoms with van der Waals surface area (Å²) in [5.74, 6) is 2.65. The van der Waals surface area contributed by atoms with Crippen molar-refractivity contribution in [3.05, 3.63) is 34.1 Å². The Labute approximate surface area is 154 Å². The Morgan fingerprint density at radius 2 is 2.04 bits per heavy atom. The lowest BCUT2D eigenvalue weighted by Gasteiger charge is -2.15. The van der Waals surface area contributed by atoms with Gasteiger partial charge in [-0.05, 0) is 46.6 Å². The van der Waals surface area contributed by atoms with Gasteiger partial charge in [-0.25, -0.2) is 9.97 Å². The van der Waals surface area contributed by atoms with Crippen LogP contribution >= 0.6 is 0 Å². The van der Waals surface area contributed by atoms with E-state index in [4.69, 9.17) is 19.2 Å². The van der Waals surface area contributed by atoms with Crippen molar-refractivity contribution in [2.45, 2.75) is 53.1 Å². The van der Waals surface area contributed by atoms with E-state index in [0.29, 0.717) is 13.2 Å². The van der Waals surface area contributed by atoms with Gasteiger partial charge in [0.1, 0.15) is 18.2 Å². The van der Waals surface area contributed by atoms with Crippen LogP contribution in [0.4, 0.5) is 5.82 Å². The van der Waals surface area contributed by atoms with Crippen LogP contribution in [0.3, 0.4) is 0 Å². The molecule has 3 rings (SSSR count). The van der Waals surface area contributed by atoms with Gasteiger partial charge in [0.05, 0.1) is 11.4 Å². The molecule has 2 N–H and O–H groups in total. The summed E-state index contributed by atoms with van der Waals surface area (Å²) in [5.41, 5.74) is 4.60. The van der Waals surface area contributed by atoms with Gasteiger partial charge in [-0.3, -0.25) is 0 Å². The molecule has 0 saturated heterocycles. The number of aryl methyl sites for hydroxylation is 2. The Balaban J connectivity index is 1.67. The van der Waals surface area contributed by atoms with E-state index in [1.807, 2.05) is 20.8 Å². The maximum Gasteiger partial charge on any atom is 0.156 e. The summed E-state index contributed by atoms with van der Waals surface area (Å²) in [4.78, 5) is 9.46. The average molecular weight is 359 g/mol. The fraction of sp³-hybridized carbons (Fsp3) is 0.632. The Morgan fingerprint density at radius 1 is 1.19 bits per heavy atom. The van der Waals surface area contributed by atoms with Crippen molar-refractivity contribution >= 4 is 5.82 Å². The van der Waals surface area contributed by atoms with Crippen molar-refractivity contribution in [1.29, 1.82) is 0 Å². The molecule has 0 atom stereocenters. The van der Waals surface area contributed by atoms with E-state index in [1.54, 1.807) is 0 Å². The number of fused-ring (bicyclic) bond motifs is 1. The summed E-state index contributed by atoms with van der Waals surface area (Å²) in [5, 5.41) is 11.0. The average Bonchev–Trinajstić information content (AvgIpc) is 2.84. The first-order chi connectivity index (χ1) is 12.7. The van der Waals surface area contributed by atoms with Gasteiger partial charge in [0.2, 0.25) is 0 Å². The number of nitrogens with one attached hydrogen (secondary N) is 2. The van der Waals surface area contributed by atoms with Crippen LogP contribution < -0.4 is 10.6 Å². The normalized spacial score (nSPS) is 14.1. The van der Waals surface area contributed by atoms with E-state index in [0.717, 1.165) is 74.1 Å². The number of anilines is 1. The third-order valence-corrected chi connectivity index (χ3v) is 4.74.